The SMILES string of the molecule is CO[C@@]1(C)O[C@@H]2/C(C)=C\C[C@H]3C(C(C)C)=CC(=O)O[C@]3(C)CC/C(C)=C3/OC(=O)[C@@H]1[C@H]32. The summed E-state index contributed by atoms with van der Waals surface area (Å²) in [5, 5.41) is 0. The lowest BCUT2D eigenvalue weighted by atomic mass is 9.72. The summed E-state index contributed by atoms with van der Waals surface area (Å²) in [6.45, 7) is 12.1. The normalized spacial score (nSPS) is 44.5. The first-order valence-corrected chi connectivity index (χ1v) is 11.3. The number of allylic oxidation sites excluding steroid dienone is 2. The summed E-state index contributed by atoms with van der Waals surface area (Å²) in [6.07, 6.45) is 5.64. The third kappa shape index (κ3) is 3.48. The molecule has 0 radical (unpaired) electrons. The van der Waals surface area contributed by atoms with E-state index < -0.39 is 17.3 Å². The van der Waals surface area contributed by atoms with Crippen LogP contribution >= 0.6 is 0 Å². The van der Waals surface area contributed by atoms with Gasteiger partial charge in [0.05, 0.1) is 12.0 Å². The van der Waals surface area contributed by atoms with Crippen LogP contribution in [0.2, 0.25) is 0 Å². The topological polar surface area (TPSA) is 71.1 Å². The summed E-state index contributed by atoms with van der Waals surface area (Å²) in [4.78, 5) is 25.2. The Morgan fingerprint density at radius 1 is 1.19 bits per heavy atom. The lowest BCUT2D eigenvalue weighted by molar-refractivity contribution is -0.217. The third-order valence-electron chi connectivity index (χ3n) is 7.75. The van der Waals surface area contributed by atoms with Crippen LogP contribution in [0.3, 0.4) is 0 Å². The molecule has 0 saturated carbocycles. The van der Waals surface area contributed by atoms with Gasteiger partial charge in [0, 0.05) is 19.1 Å². The molecule has 0 amide bonds. The smallest absolute Gasteiger partial charge is 0.331 e. The Morgan fingerprint density at radius 3 is 2.55 bits per heavy atom. The molecule has 4 rings (SSSR count). The maximum absolute atomic E-state index is 12.8. The van der Waals surface area contributed by atoms with Crippen LogP contribution in [0.5, 0.6) is 0 Å². The van der Waals surface area contributed by atoms with Crippen molar-refractivity contribution in [3.05, 3.63) is 34.6 Å². The van der Waals surface area contributed by atoms with E-state index in [2.05, 4.69) is 19.9 Å². The zero-order valence-electron chi connectivity index (χ0n) is 19.6. The van der Waals surface area contributed by atoms with Crippen LogP contribution in [-0.4, -0.2) is 36.5 Å². The van der Waals surface area contributed by atoms with Gasteiger partial charge in [-0.3, -0.25) is 4.79 Å². The Balaban J connectivity index is 1.81. The second kappa shape index (κ2) is 7.59. The molecule has 0 bridgehead atoms. The van der Waals surface area contributed by atoms with E-state index in [0.717, 1.165) is 23.1 Å². The number of hydrogen-bond acceptors (Lipinski definition) is 6. The highest BCUT2D eigenvalue weighted by Gasteiger charge is 2.63. The molecular formula is C25H34O6. The molecule has 2 fully saturated rings. The van der Waals surface area contributed by atoms with Crippen LogP contribution in [0.1, 0.15) is 60.8 Å². The van der Waals surface area contributed by atoms with Crippen LogP contribution in [-0.2, 0) is 28.5 Å². The highest BCUT2D eigenvalue weighted by atomic mass is 16.7. The van der Waals surface area contributed by atoms with Gasteiger partial charge < -0.3 is 18.9 Å². The first kappa shape index (κ1) is 22.3. The van der Waals surface area contributed by atoms with Gasteiger partial charge in [-0.1, -0.05) is 25.5 Å². The number of hydrogen-bond donors (Lipinski definition) is 0. The average molecular weight is 431 g/mol. The Labute approximate surface area is 184 Å². The van der Waals surface area contributed by atoms with Crippen molar-refractivity contribution in [2.45, 2.75) is 78.3 Å². The molecular weight excluding hydrogens is 396 g/mol. The Morgan fingerprint density at radius 2 is 1.90 bits per heavy atom. The van der Waals surface area contributed by atoms with Crippen LogP contribution in [0.15, 0.2) is 34.6 Å². The fraction of sp³-hybridized carbons (Fsp3) is 0.680. The number of fused-ring (bicyclic) bond motifs is 1. The summed E-state index contributed by atoms with van der Waals surface area (Å²) in [5.74, 6) is -1.27. The van der Waals surface area contributed by atoms with Crippen molar-refractivity contribution >= 4 is 11.9 Å². The average Bonchev–Trinajstić information content (AvgIpc) is 3.21. The Kier molecular flexibility index (Phi) is 5.46. The van der Waals surface area contributed by atoms with Gasteiger partial charge in [0.1, 0.15) is 17.3 Å². The van der Waals surface area contributed by atoms with E-state index in [0.29, 0.717) is 18.6 Å². The molecule has 6 atom stereocenters. The van der Waals surface area contributed by atoms with Crippen molar-refractivity contribution in [2.24, 2.45) is 23.7 Å². The summed E-state index contributed by atoms with van der Waals surface area (Å²) in [6, 6.07) is 0. The molecule has 4 aliphatic rings. The van der Waals surface area contributed by atoms with Crippen molar-refractivity contribution in [2.75, 3.05) is 7.11 Å². The number of carbonyl (C=O) groups excluding carboxylic acids is 2. The number of esters is 2. The molecule has 3 heterocycles. The molecule has 0 aromatic rings. The molecule has 0 spiro atoms. The van der Waals surface area contributed by atoms with E-state index in [9.17, 15) is 9.59 Å². The highest BCUT2D eigenvalue weighted by molar-refractivity contribution is 5.84. The van der Waals surface area contributed by atoms with Gasteiger partial charge in [-0.2, -0.15) is 0 Å². The molecule has 6 nitrogen and oxygen atoms in total. The monoisotopic (exact) mass is 430 g/mol. The van der Waals surface area contributed by atoms with Crippen molar-refractivity contribution in [3.8, 4) is 0 Å². The Bertz CT molecular complexity index is 896. The lowest BCUT2D eigenvalue weighted by Gasteiger charge is -2.42. The Hall–Kier alpha value is -1.92. The van der Waals surface area contributed by atoms with E-state index in [1.165, 1.54) is 0 Å². The molecule has 6 heteroatoms. The highest BCUT2D eigenvalue weighted by Crippen LogP contribution is 2.53. The van der Waals surface area contributed by atoms with Crippen molar-refractivity contribution < 1.29 is 28.5 Å². The van der Waals surface area contributed by atoms with Crippen molar-refractivity contribution in [1.82, 2.24) is 0 Å². The van der Waals surface area contributed by atoms with Gasteiger partial charge in [0.25, 0.3) is 0 Å². The molecule has 0 aromatic heterocycles. The van der Waals surface area contributed by atoms with E-state index in [1.807, 2.05) is 27.7 Å². The molecule has 3 aliphatic heterocycles. The van der Waals surface area contributed by atoms with E-state index in [1.54, 1.807) is 13.2 Å². The third-order valence-corrected chi connectivity index (χ3v) is 7.75. The minimum Gasteiger partial charge on any atom is -0.456 e. The maximum Gasteiger partial charge on any atom is 0.331 e. The first-order chi connectivity index (χ1) is 14.5. The molecule has 2 saturated heterocycles. The lowest BCUT2D eigenvalue weighted by Crippen LogP contribution is -2.44. The van der Waals surface area contributed by atoms with E-state index in [-0.39, 0.29) is 35.8 Å². The summed E-state index contributed by atoms with van der Waals surface area (Å²) in [7, 11) is 1.57. The fourth-order valence-corrected chi connectivity index (χ4v) is 5.79. The predicted molar refractivity (Wildman–Crippen MR) is 115 cm³/mol. The number of ether oxygens (including phenoxy) is 4. The van der Waals surface area contributed by atoms with Crippen LogP contribution in [0.4, 0.5) is 0 Å². The van der Waals surface area contributed by atoms with Gasteiger partial charge in [-0.15, -0.1) is 0 Å². The fourth-order valence-electron chi connectivity index (χ4n) is 5.79. The van der Waals surface area contributed by atoms with Crippen molar-refractivity contribution in [3.63, 3.8) is 0 Å². The minimum absolute atomic E-state index is 0.0875. The molecule has 0 unspecified atom stereocenters. The van der Waals surface area contributed by atoms with Gasteiger partial charge in [0.2, 0.25) is 0 Å². The zero-order valence-corrected chi connectivity index (χ0v) is 19.6. The van der Waals surface area contributed by atoms with E-state index in [4.69, 9.17) is 18.9 Å². The van der Waals surface area contributed by atoms with Gasteiger partial charge in [-0.05, 0) is 64.0 Å². The summed E-state index contributed by atoms with van der Waals surface area (Å²) < 4.78 is 23.8. The van der Waals surface area contributed by atoms with Crippen LogP contribution in [0.25, 0.3) is 0 Å². The summed E-state index contributed by atoms with van der Waals surface area (Å²) in [5.41, 5.74) is 2.56. The standard InChI is InChI=1S/C25H34O6/c1-13(2)16-12-18(26)30-24(5)11-10-15(4)21-19-20(23(27)29-21)25(6,28-7)31-22(19)14(3)8-9-17(16)24/h8,12-13,17,19-20,22H,9-11H2,1-7H3/b14-8-,21-15+/t17-,19+,20-,22+,24+,25-/m0/s1. The maximum atomic E-state index is 12.8. The number of carbonyl (C=O) groups is 2. The van der Waals surface area contributed by atoms with Crippen LogP contribution < -0.4 is 0 Å². The van der Waals surface area contributed by atoms with Crippen molar-refractivity contribution in [1.29, 1.82) is 0 Å². The van der Waals surface area contributed by atoms with Gasteiger partial charge in [0.15, 0.2) is 5.79 Å². The molecule has 0 aromatic carbocycles. The molecule has 0 N–H and O–H groups in total. The first-order valence-electron chi connectivity index (χ1n) is 11.3. The number of methoxy groups -OCH3 is 1. The molecule has 1 aliphatic carbocycles. The van der Waals surface area contributed by atoms with E-state index >= 15 is 0 Å². The largest absolute Gasteiger partial charge is 0.456 e. The second-order valence-corrected chi connectivity index (χ2v) is 10.1. The van der Waals surface area contributed by atoms with Crippen LogP contribution in [0, 0.1) is 23.7 Å². The predicted octanol–water partition coefficient (Wildman–Crippen LogP) is 4.46. The van der Waals surface area contributed by atoms with Gasteiger partial charge in [-0.25, -0.2) is 4.79 Å². The minimum atomic E-state index is -1.02. The van der Waals surface area contributed by atoms with Gasteiger partial charge >= 0.3 is 11.9 Å². The second-order valence-electron chi connectivity index (χ2n) is 10.1. The quantitative estimate of drug-likeness (QED) is 0.476. The molecule has 170 valence electrons. The summed E-state index contributed by atoms with van der Waals surface area (Å²) >= 11 is 0. The molecule has 31 heavy (non-hydrogen) atoms. The number of rotatable bonds is 2. The zero-order chi connectivity index (χ0) is 22.7.